The molecule has 0 atom stereocenters. The first-order valence-corrected chi connectivity index (χ1v) is 14.6. The molecule has 4 heteroatoms. The van der Waals surface area contributed by atoms with Gasteiger partial charge in [-0.15, -0.1) is 9.39 Å². The van der Waals surface area contributed by atoms with Crippen LogP contribution in [0.1, 0.15) is 36.1 Å². The minimum Gasteiger partial charge on any atom is -0.346 e. The first-order valence-electron chi connectivity index (χ1n) is 12.6. The molecule has 3 nitrogen and oxygen atoms in total. The highest BCUT2D eigenvalue weighted by atomic mass is 32.2. The van der Waals surface area contributed by atoms with Gasteiger partial charge in [-0.3, -0.25) is 4.72 Å². The molecule has 0 fully saturated rings. The Balaban J connectivity index is 0.000000273. The lowest BCUT2D eigenvalue weighted by Crippen LogP contribution is -2.19. The zero-order valence-corrected chi connectivity index (χ0v) is 24.6. The average molecular weight is 526 g/mol. The van der Waals surface area contributed by atoms with Crippen LogP contribution in [-0.4, -0.2) is 32.4 Å². The number of nitrogens with zero attached hydrogens (tertiary/aromatic N) is 2. The molecule has 3 aromatic rings. The van der Waals surface area contributed by atoms with E-state index >= 15 is 0 Å². The third-order valence-electron chi connectivity index (χ3n) is 6.43. The molecule has 0 unspecified atom stereocenters. The van der Waals surface area contributed by atoms with E-state index in [2.05, 4.69) is 133 Å². The van der Waals surface area contributed by atoms with E-state index in [-0.39, 0.29) is 0 Å². The Morgan fingerprint density at radius 3 is 1.95 bits per heavy atom. The molecule has 0 saturated carbocycles. The van der Waals surface area contributed by atoms with Crippen molar-refractivity contribution in [2.24, 2.45) is 0 Å². The minimum absolute atomic E-state index is 0.924. The molecule has 0 amide bonds. The Morgan fingerprint density at radius 1 is 0.895 bits per heavy atom. The highest BCUT2D eigenvalue weighted by molar-refractivity contribution is 8.26. The van der Waals surface area contributed by atoms with Crippen molar-refractivity contribution in [3.8, 4) is 0 Å². The fraction of sp³-hybridized carbons (Fsp3) is 0.176. The monoisotopic (exact) mass is 525 g/mol. The number of hydrogen-bond acceptors (Lipinski definition) is 3. The van der Waals surface area contributed by atoms with E-state index < -0.39 is 9.39 Å². The van der Waals surface area contributed by atoms with Crippen LogP contribution in [0.3, 0.4) is 0 Å². The summed E-state index contributed by atoms with van der Waals surface area (Å²) in [6.07, 6.45) is 3.72. The minimum atomic E-state index is -1.36. The van der Waals surface area contributed by atoms with E-state index in [1.165, 1.54) is 5.56 Å². The first kappa shape index (κ1) is 30.5. The number of nitrogens with one attached hydrogen (secondary N) is 1. The number of rotatable bonds is 10. The molecule has 0 aromatic heterocycles. The molecule has 3 rings (SSSR count). The molecule has 3 aromatic carbocycles. The number of benzene rings is 3. The lowest BCUT2D eigenvalue weighted by molar-refractivity contribution is 0.957. The Bertz CT molecular complexity index is 1380. The van der Waals surface area contributed by atoms with Gasteiger partial charge in [-0.1, -0.05) is 86.1 Å². The fourth-order valence-corrected chi connectivity index (χ4v) is 4.85. The Kier molecular flexibility index (Phi) is 11.0. The van der Waals surface area contributed by atoms with E-state index in [0.717, 1.165) is 50.9 Å². The topological polar surface area (TPSA) is 18.5 Å². The van der Waals surface area contributed by atoms with Gasteiger partial charge in [-0.25, -0.2) is 0 Å². The molecule has 0 heterocycles. The third kappa shape index (κ3) is 7.64. The van der Waals surface area contributed by atoms with Gasteiger partial charge in [-0.05, 0) is 75.3 Å². The van der Waals surface area contributed by atoms with Gasteiger partial charge in [0, 0.05) is 46.8 Å². The molecule has 1 N–H and O–H groups in total. The lowest BCUT2D eigenvalue weighted by atomic mass is 10.0. The fourth-order valence-electron chi connectivity index (χ4n) is 3.96. The highest BCUT2D eigenvalue weighted by Gasteiger charge is 2.10. The lowest BCUT2D eigenvalue weighted by Gasteiger charge is -2.24. The summed E-state index contributed by atoms with van der Waals surface area (Å²) < 4.78 is 3.17. The van der Waals surface area contributed by atoms with Gasteiger partial charge < -0.3 is 9.80 Å². The van der Waals surface area contributed by atoms with Crippen LogP contribution in [0.15, 0.2) is 104 Å². The van der Waals surface area contributed by atoms with Crippen LogP contribution in [-0.2, 0) is 0 Å². The summed E-state index contributed by atoms with van der Waals surface area (Å²) in [6.45, 7) is 23.0. The first-order chi connectivity index (χ1) is 18.0. The maximum atomic E-state index is 4.24. The second-order valence-corrected chi connectivity index (χ2v) is 11.8. The molecular formula is C34H43N3S. The van der Waals surface area contributed by atoms with E-state index in [4.69, 9.17) is 0 Å². The Hall–Kier alpha value is -3.73. The Labute approximate surface area is 231 Å². The number of allylic oxidation sites excluding steroid dienone is 1. The Morgan fingerprint density at radius 2 is 1.47 bits per heavy atom. The zero-order valence-electron chi connectivity index (χ0n) is 23.8. The van der Waals surface area contributed by atoms with Gasteiger partial charge in [0.05, 0.1) is 0 Å². The maximum Gasteiger partial charge on any atom is 0.0414 e. The largest absolute Gasteiger partial charge is 0.346 e. The molecule has 0 aliphatic rings. The number of hydrogen-bond donors (Lipinski definition) is 1. The van der Waals surface area contributed by atoms with Crippen molar-refractivity contribution >= 4 is 50.4 Å². The molecule has 0 saturated heterocycles. The van der Waals surface area contributed by atoms with Crippen molar-refractivity contribution in [1.29, 1.82) is 0 Å². The van der Waals surface area contributed by atoms with Crippen LogP contribution in [0.5, 0.6) is 0 Å². The maximum absolute atomic E-state index is 4.24. The molecule has 200 valence electrons. The van der Waals surface area contributed by atoms with Crippen LogP contribution in [0, 0.1) is 6.92 Å². The summed E-state index contributed by atoms with van der Waals surface area (Å²) in [7, 11) is 2.57. The zero-order chi connectivity index (χ0) is 28.5. The van der Waals surface area contributed by atoms with E-state index in [1.807, 2.05) is 33.2 Å². The normalized spacial score (nSPS) is 10.6. The van der Waals surface area contributed by atoms with Crippen molar-refractivity contribution in [3.63, 3.8) is 0 Å². The second kappa shape index (κ2) is 13.7. The van der Waals surface area contributed by atoms with E-state index in [9.17, 15) is 0 Å². The predicted octanol–water partition coefficient (Wildman–Crippen LogP) is 8.60. The highest BCUT2D eigenvalue weighted by Crippen LogP contribution is 2.30. The van der Waals surface area contributed by atoms with Gasteiger partial charge in [0.25, 0.3) is 0 Å². The van der Waals surface area contributed by atoms with Crippen LogP contribution >= 0.6 is 9.39 Å². The van der Waals surface area contributed by atoms with Crippen LogP contribution in [0.25, 0.3) is 17.8 Å². The average Bonchev–Trinajstić information content (AvgIpc) is 2.93. The molecule has 0 aliphatic carbocycles. The van der Waals surface area contributed by atoms with Crippen molar-refractivity contribution in [2.75, 3.05) is 30.4 Å². The summed E-state index contributed by atoms with van der Waals surface area (Å²) in [5.74, 6) is 8.24. The molecule has 0 aliphatic heterocycles. The van der Waals surface area contributed by atoms with Crippen molar-refractivity contribution in [1.82, 2.24) is 4.72 Å². The molecule has 0 bridgehead atoms. The summed E-state index contributed by atoms with van der Waals surface area (Å²) in [5.41, 5.74) is 8.81. The van der Waals surface area contributed by atoms with Gasteiger partial charge in [0.15, 0.2) is 0 Å². The quantitative estimate of drug-likeness (QED) is 0.267. The van der Waals surface area contributed by atoms with Crippen molar-refractivity contribution in [3.05, 3.63) is 121 Å². The van der Waals surface area contributed by atoms with Gasteiger partial charge in [0.1, 0.15) is 0 Å². The molecular weight excluding hydrogens is 482 g/mol. The number of aryl methyl sites for hydroxylation is 1. The van der Waals surface area contributed by atoms with Gasteiger partial charge >= 0.3 is 0 Å². The van der Waals surface area contributed by atoms with Crippen LogP contribution in [0.4, 0.5) is 11.4 Å². The number of anilines is 2. The van der Waals surface area contributed by atoms with Gasteiger partial charge in [0.2, 0.25) is 0 Å². The second-order valence-electron chi connectivity index (χ2n) is 9.16. The summed E-state index contributed by atoms with van der Waals surface area (Å²) in [6, 6.07) is 23.0. The molecule has 0 radical (unpaired) electrons. The summed E-state index contributed by atoms with van der Waals surface area (Å²) >= 11 is 0. The van der Waals surface area contributed by atoms with Crippen molar-refractivity contribution in [2.45, 2.75) is 25.7 Å². The molecule has 0 spiro atoms. The summed E-state index contributed by atoms with van der Waals surface area (Å²) in [4.78, 5) is 5.41. The predicted molar refractivity (Wildman–Crippen MR) is 179 cm³/mol. The van der Waals surface area contributed by atoms with Crippen LogP contribution < -0.4 is 14.5 Å². The van der Waals surface area contributed by atoms with E-state index in [1.54, 1.807) is 0 Å². The molecule has 38 heavy (non-hydrogen) atoms. The third-order valence-corrected chi connectivity index (χ3v) is 8.38. The standard InChI is InChI=1S/C20H21N.C14H22N2S/c1-6-17-9-11-19(12-10-17)21(5)16(4)20-13-8-15(3)14-18(20)7-2;1-7-16(12(2)3)13-8-10-14(11-9-13)17(5,6)15-4/h6-14H,1-2,4H2,3,5H3;8-11,15H,2,5-7H2,1,3-4H3. The van der Waals surface area contributed by atoms with Crippen molar-refractivity contribution < 1.29 is 0 Å². The SMILES string of the molecule is C=C(C)N(CC)c1ccc(S(=C)(=C)NC)cc1.C=Cc1ccc(N(C)C(=C)c2ccc(C)cc2C=C)cc1. The van der Waals surface area contributed by atoms with Gasteiger partial charge in [-0.2, -0.15) is 0 Å². The summed E-state index contributed by atoms with van der Waals surface area (Å²) in [5, 5.41) is 0. The van der Waals surface area contributed by atoms with E-state index in [0.29, 0.717) is 0 Å². The van der Waals surface area contributed by atoms with Crippen LogP contribution in [0.2, 0.25) is 0 Å². The smallest absolute Gasteiger partial charge is 0.0414 e.